The first kappa shape index (κ1) is 19.9. The van der Waals surface area contributed by atoms with Crippen molar-refractivity contribution < 1.29 is 14.3 Å². The molecule has 6 heteroatoms. The maximum absolute atomic E-state index is 12.8. The smallest absolute Gasteiger partial charge is 0.409 e. The fourth-order valence-electron chi connectivity index (χ4n) is 4.60. The topological polar surface area (TPSA) is 63.6 Å². The van der Waals surface area contributed by atoms with Gasteiger partial charge in [-0.25, -0.2) is 4.79 Å². The second-order valence-corrected chi connectivity index (χ2v) is 7.86. The van der Waals surface area contributed by atoms with Crippen LogP contribution in [0.5, 0.6) is 0 Å². The molecule has 27 heavy (non-hydrogen) atoms. The molecule has 1 aliphatic carbocycles. The Morgan fingerprint density at radius 2 is 1.81 bits per heavy atom. The van der Waals surface area contributed by atoms with Crippen molar-refractivity contribution in [2.45, 2.75) is 71.4 Å². The largest absolute Gasteiger partial charge is 0.450 e. The fourth-order valence-corrected chi connectivity index (χ4v) is 4.60. The molecule has 2 fully saturated rings. The highest BCUT2D eigenvalue weighted by atomic mass is 16.6. The van der Waals surface area contributed by atoms with Gasteiger partial charge >= 0.3 is 6.09 Å². The average molecular weight is 376 g/mol. The van der Waals surface area contributed by atoms with Crippen LogP contribution >= 0.6 is 0 Å². The third-order valence-corrected chi connectivity index (χ3v) is 6.05. The van der Waals surface area contributed by atoms with Crippen molar-refractivity contribution in [2.75, 3.05) is 26.2 Å². The number of piperidine rings is 1. The van der Waals surface area contributed by atoms with E-state index in [9.17, 15) is 9.59 Å². The zero-order valence-corrected chi connectivity index (χ0v) is 16.9. The maximum Gasteiger partial charge on any atom is 0.409 e. The van der Waals surface area contributed by atoms with Crippen molar-refractivity contribution in [2.24, 2.45) is 0 Å². The van der Waals surface area contributed by atoms with E-state index < -0.39 is 0 Å². The van der Waals surface area contributed by atoms with Gasteiger partial charge in [-0.2, -0.15) is 0 Å². The maximum atomic E-state index is 12.8. The van der Waals surface area contributed by atoms with Crippen LogP contribution in [0.3, 0.4) is 0 Å². The Hall–Kier alpha value is -1.82. The predicted octanol–water partition coefficient (Wildman–Crippen LogP) is 3.61. The molecule has 3 rings (SSSR count). The molecule has 150 valence electrons. The second-order valence-electron chi connectivity index (χ2n) is 7.86. The number of nitrogens with zero attached hydrogens (tertiary/aromatic N) is 2. The summed E-state index contributed by atoms with van der Waals surface area (Å²) >= 11 is 0. The summed E-state index contributed by atoms with van der Waals surface area (Å²) in [5, 5.41) is 3.40. The number of carbonyl (C=O) groups is 2. The Balaban J connectivity index is 1.52. The molecular weight excluding hydrogens is 342 g/mol. The summed E-state index contributed by atoms with van der Waals surface area (Å²) in [6, 6.07) is 2.89. The van der Waals surface area contributed by atoms with Gasteiger partial charge in [0.2, 0.25) is 0 Å². The summed E-state index contributed by atoms with van der Waals surface area (Å²) in [5.74, 6) is 0.167. The van der Waals surface area contributed by atoms with Crippen molar-refractivity contribution >= 4 is 11.9 Å². The van der Waals surface area contributed by atoms with E-state index in [0.29, 0.717) is 32.3 Å². The number of carbonyl (C=O) groups excluding carboxylic acids is 2. The highest BCUT2D eigenvalue weighted by Crippen LogP contribution is 2.33. The van der Waals surface area contributed by atoms with E-state index in [4.69, 9.17) is 4.74 Å². The predicted molar refractivity (Wildman–Crippen MR) is 105 cm³/mol. The fraction of sp³-hybridized carbons (Fsp3) is 0.714. The molecule has 0 radical (unpaired) electrons. The lowest BCUT2D eigenvalue weighted by atomic mass is 10.0. The summed E-state index contributed by atoms with van der Waals surface area (Å²) in [6.07, 6.45) is 6.50. The number of aromatic nitrogens is 1. The SMILES string of the molecule is CCOC(=O)N1CCC(NCC(=O)c2cc(C)n(C3CCCC3)c2C)CC1. The van der Waals surface area contributed by atoms with E-state index >= 15 is 0 Å². The third-order valence-electron chi connectivity index (χ3n) is 6.05. The van der Waals surface area contributed by atoms with Crippen LogP contribution in [0.15, 0.2) is 6.07 Å². The third kappa shape index (κ3) is 4.54. The van der Waals surface area contributed by atoms with Crippen LogP contribution < -0.4 is 5.32 Å². The molecule has 6 nitrogen and oxygen atoms in total. The first-order chi connectivity index (χ1) is 13.0. The van der Waals surface area contributed by atoms with Crippen LogP contribution in [0.2, 0.25) is 0 Å². The normalized spacial score (nSPS) is 18.9. The van der Waals surface area contributed by atoms with Gasteiger partial charge in [0.15, 0.2) is 5.78 Å². The van der Waals surface area contributed by atoms with Gasteiger partial charge < -0.3 is 19.5 Å². The summed E-state index contributed by atoms with van der Waals surface area (Å²) in [6.45, 7) is 8.14. The van der Waals surface area contributed by atoms with Gasteiger partial charge in [0, 0.05) is 42.1 Å². The van der Waals surface area contributed by atoms with Crippen LogP contribution in [0, 0.1) is 13.8 Å². The van der Waals surface area contributed by atoms with Gasteiger partial charge in [0.05, 0.1) is 13.2 Å². The number of hydrogen-bond acceptors (Lipinski definition) is 4. The number of Topliss-reactive ketones (excluding diaryl/α,β-unsaturated/α-hetero) is 1. The second kappa shape index (κ2) is 8.91. The lowest BCUT2D eigenvalue weighted by Gasteiger charge is -2.31. The number of amides is 1. The summed E-state index contributed by atoms with van der Waals surface area (Å²) < 4.78 is 7.42. The van der Waals surface area contributed by atoms with Gasteiger partial charge in [-0.1, -0.05) is 12.8 Å². The zero-order valence-electron chi connectivity index (χ0n) is 16.9. The summed E-state index contributed by atoms with van der Waals surface area (Å²) in [4.78, 5) is 26.3. The quantitative estimate of drug-likeness (QED) is 0.772. The van der Waals surface area contributed by atoms with Crippen LogP contribution in [0.25, 0.3) is 0 Å². The number of likely N-dealkylation sites (tertiary alicyclic amines) is 1. The molecule has 0 atom stereocenters. The van der Waals surface area contributed by atoms with Crippen molar-refractivity contribution in [3.8, 4) is 0 Å². The monoisotopic (exact) mass is 375 g/mol. The van der Waals surface area contributed by atoms with Gasteiger partial charge in [0.1, 0.15) is 0 Å². The Labute approximate surface area is 162 Å². The van der Waals surface area contributed by atoms with E-state index in [1.165, 1.54) is 31.4 Å². The van der Waals surface area contributed by atoms with Gasteiger partial charge in [-0.05, 0) is 52.5 Å². The molecule has 0 bridgehead atoms. The van der Waals surface area contributed by atoms with Crippen LogP contribution in [0.1, 0.15) is 73.2 Å². The van der Waals surface area contributed by atoms with E-state index in [-0.39, 0.29) is 17.9 Å². The minimum absolute atomic E-state index is 0.167. The lowest BCUT2D eigenvalue weighted by molar-refractivity contribution is 0.0913. The minimum atomic E-state index is -0.230. The Morgan fingerprint density at radius 3 is 2.44 bits per heavy atom. The number of hydrogen-bond donors (Lipinski definition) is 1. The molecule has 2 heterocycles. The summed E-state index contributed by atoms with van der Waals surface area (Å²) in [7, 11) is 0. The molecule has 0 aromatic carbocycles. The average Bonchev–Trinajstić information content (AvgIpc) is 3.28. The minimum Gasteiger partial charge on any atom is -0.450 e. The van der Waals surface area contributed by atoms with Crippen molar-refractivity contribution in [3.05, 3.63) is 23.0 Å². The van der Waals surface area contributed by atoms with Gasteiger partial charge in [-0.3, -0.25) is 4.79 Å². The van der Waals surface area contributed by atoms with E-state index in [1.807, 2.05) is 6.92 Å². The number of ether oxygens (including phenoxy) is 1. The first-order valence-electron chi connectivity index (χ1n) is 10.4. The molecule has 0 unspecified atom stereocenters. The van der Waals surface area contributed by atoms with Gasteiger partial charge in [-0.15, -0.1) is 0 Å². The zero-order chi connectivity index (χ0) is 19.4. The van der Waals surface area contributed by atoms with Crippen molar-refractivity contribution in [1.82, 2.24) is 14.8 Å². The molecular formula is C21H33N3O3. The standard InChI is InChI=1S/C21H33N3O3/c1-4-27-21(26)23-11-9-17(10-12-23)22-14-20(25)19-13-15(2)24(16(19)3)18-7-5-6-8-18/h13,17-18,22H,4-12,14H2,1-3H3. The Kier molecular flexibility index (Phi) is 6.58. The molecule has 1 aromatic heterocycles. The molecule has 0 spiro atoms. The highest BCUT2D eigenvalue weighted by Gasteiger charge is 2.26. The number of ketones is 1. The van der Waals surface area contributed by atoms with Crippen LogP contribution in [-0.4, -0.2) is 53.6 Å². The molecule has 2 aliphatic rings. The van der Waals surface area contributed by atoms with Crippen molar-refractivity contribution in [1.29, 1.82) is 0 Å². The Morgan fingerprint density at radius 1 is 1.15 bits per heavy atom. The number of nitrogens with one attached hydrogen (secondary N) is 1. The van der Waals surface area contributed by atoms with E-state index in [2.05, 4.69) is 29.8 Å². The van der Waals surface area contributed by atoms with Crippen molar-refractivity contribution in [3.63, 3.8) is 0 Å². The Bertz CT molecular complexity index is 668. The molecule has 1 saturated heterocycles. The molecule has 1 N–H and O–H groups in total. The molecule has 1 saturated carbocycles. The van der Waals surface area contributed by atoms with Crippen LogP contribution in [0.4, 0.5) is 4.79 Å². The summed E-state index contributed by atoms with van der Waals surface area (Å²) in [5.41, 5.74) is 3.17. The van der Waals surface area contributed by atoms with E-state index in [1.54, 1.807) is 4.90 Å². The van der Waals surface area contributed by atoms with Gasteiger partial charge in [0.25, 0.3) is 0 Å². The number of rotatable bonds is 6. The molecule has 1 aliphatic heterocycles. The lowest BCUT2D eigenvalue weighted by Crippen LogP contribution is -2.46. The first-order valence-corrected chi connectivity index (χ1v) is 10.4. The van der Waals surface area contributed by atoms with Crippen LogP contribution in [-0.2, 0) is 4.74 Å². The van der Waals surface area contributed by atoms with E-state index in [0.717, 1.165) is 24.1 Å². The number of aryl methyl sites for hydroxylation is 1. The molecule has 1 amide bonds. The molecule has 1 aromatic rings. The highest BCUT2D eigenvalue weighted by molar-refractivity contribution is 5.99.